The Balaban J connectivity index is 1.51. The third-order valence-corrected chi connectivity index (χ3v) is 4.72. The third kappa shape index (κ3) is 3.06. The molecule has 1 amide bonds. The van der Waals surface area contributed by atoms with Crippen LogP contribution in [0.25, 0.3) is 21.8 Å². The highest BCUT2D eigenvalue weighted by atomic mass is 16.1. The van der Waals surface area contributed by atoms with E-state index >= 15 is 0 Å². The summed E-state index contributed by atoms with van der Waals surface area (Å²) in [6.07, 6.45) is 0.369. The molecule has 3 aromatic carbocycles. The molecule has 0 aliphatic heterocycles. The maximum Gasteiger partial charge on any atom is 0.224 e. The lowest BCUT2D eigenvalue weighted by molar-refractivity contribution is -0.120. The third-order valence-electron chi connectivity index (χ3n) is 4.72. The second kappa shape index (κ2) is 7.00. The van der Waals surface area contributed by atoms with Crippen molar-refractivity contribution in [1.29, 1.82) is 0 Å². The van der Waals surface area contributed by atoms with E-state index in [0.717, 1.165) is 39.7 Å². The zero-order chi connectivity index (χ0) is 17.9. The van der Waals surface area contributed by atoms with E-state index < -0.39 is 0 Å². The fraction of sp³-hybridized carbons (Fsp3) is 0.182. The average Bonchev–Trinajstić information content (AvgIpc) is 3.04. The van der Waals surface area contributed by atoms with E-state index in [4.69, 9.17) is 0 Å². The van der Waals surface area contributed by atoms with Crippen LogP contribution < -0.4 is 5.32 Å². The number of nitrogens with zero attached hydrogens (tertiary/aromatic N) is 2. The van der Waals surface area contributed by atoms with Crippen LogP contribution in [-0.2, 0) is 24.3 Å². The molecule has 0 saturated heterocycles. The zero-order valence-corrected chi connectivity index (χ0v) is 14.8. The van der Waals surface area contributed by atoms with Gasteiger partial charge in [-0.2, -0.15) is 0 Å². The molecular weight excluding hydrogens is 322 g/mol. The molecule has 1 heterocycles. The van der Waals surface area contributed by atoms with Gasteiger partial charge >= 0.3 is 0 Å². The van der Waals surface area contributed by atoms with Crippen LogP contribution in [0.5, 0.6) is 0 Å². The van der Waals surface area contributed by atoms with Crippen LogP contribution in [-0.4, -0.2) is 15.5 Å². The number of imidazole rings is 1. The zero-order valence-electron chi connectivity index (χ0n) is 14.8. The number of carbonyl (C=O) groups excluding carboxylic acids is 1. The molecule has 26 heavy (non-hydrogen) atoms. The van der Waals surface area contributed by atoms with Gasteiger partial charge in [0.2, 0.25) is 5.91 Å². The normalized spacial score (nSPS) is 11.1. The van der Waals surface area contributed by atoms with Gasteiger partial charge in [0.05, 0.1) is 24.0 Å². The maximum absolute atomic E-state index is 12.5. The van der Waals surface area contributed by atoms with Gasteiger partial charge in [0.25, 0.3) is 0 Å². The minimum atomic E-state index is 0.0102. The van der Waals surface area contributed by atoms with E-state index in [1.54, 1.807) is 0 Å². The number of carbonyl (C=O) groups is 1. The highest BCUT2D eigenvalue weighted by molar-refractivity contribution is 5.90. The van der Waals surface area contributed by atoms with Crippen LogP contribution in [0.4, 0.5) is 0 Å². The monoisotopic (exact) mass is 343 g/mol. The molecule has 1 N–H and O–H groups in total. The number of nitrogens with one attached hydrogen (secondary N) is 1. The van der Waals surface area contributed by atoms with Gasteiger partial charge in [0, 0.05) is 6.54 Å². The summed E-state index contributed by atoms with van der Waals surface area (Å²) in [5.41, 5.74) is 3.12. The molecule has 0 radical (unpaired) electrons. The summed E-state index contributed by atoms with van der Waals surface area (Å²) in [6.45, 7) is 3.36. The van der Waals surface area contributed by atoms with Gasteiger partial charge in [-0.15, -0.1) is 0 Å². The average molecular weight is 343 g/mol. The minimum absolute atomic E-state index is 0.0102. The van der Waals surface area contributed by atoms with Crippen LogP contribution >= 0.6 is 0 Å². The largest absolute Gasteiger partial charge is 0.349 e. The Bertz CT molecular complexity index is 1080. The molecule has 4 heteroatoms. The van der Waals surface area contributed by atoms with Crippen LogP contribution in [0.2, 0.25) is 0 Å². The number of benzene rings is 3. The van der Waals surface area contributed by atoms with Gasteiger partial charge in [-0.1, -0.05) is 54.6 Å². The lowest BCUT2D eigenvalue weighted by atomic mass is 10.0. The molecule has 4 rings (SSSR count). The van der Waals surface area contributed by atoms with Crippen molar-refractivity contribution in [1.82, 2.24) is 14.9 Å². The van der Waals surface area contributed by atoms with Gasteiger partial charge in [0.15, 0.2) is 0 Å². The van der Waals surface area contributed by atoms with Crippen molar-refractivity contribution in [3.63, 3.8) is 0 Å². The SMILES string of the molecule is CCn1c(CNC(=O)Cc2cccc3ccccc23)nc2ccccc21. The molecule has 0 bridgehead atoms. The minimum Gasteiger partial charge on any atom is -0.349 e. The van der Waals surface area contributed by atoms with E-state index in [-0.39, 0.29) is 5.91 Å². The first-order valence-electron chi connectivity index (χ1n) is 8.93. The number of amides is 1. The van der Waals surface area contributed by atoms with Gasteiger partial charge in [-0.05, 0) is 35.4 Å². The van der Waals surface area contributed by atoms with Gasteiger partial charge < -0.3 is 9.88 Å². The quantitative estimate of drug-likeness (QED) is 0.594. The topological polar surface area (TPSA) is 46.9 Å². The number of para-hydroxylation sites is 2. The molecule has 4 aromatic rings. The maximum atomic E-state index is 12.5. The Morgan fingerprint density at radius 3 is 2.65 bits per heavy atom. The number of rotatable bonds is 5. The Morgan fingerprint density at radius 2 is 1.77 bits per heavy atom. The number of fused-ring (bicyclic) bond motifs is 2. The number of aryl methyl sites for hydroxylation is 1. The molecule has 0 spiro atoms. The summed E-state index contributed by atoms with van der Waals surface area (Å²) in [7, 11) is 0. The Kier molecular flexibility index (Phi) is 4.40. The van der Waals surface area contributed by atoms with E-state index in [0.29, 0.717) is 13.0 Å². The van der Waals surface area contributed by atoms with Crippen molar-refractivity contribution in [2.45, 2.75) is 26.4 Å². The first kappa shape index (κ1) is 16.3. The fourth-order valence-electron chi connectivity index (χ4n) is 3.47. The molecule has 0 atom stereocenters. The van der Waals surface area contributed by atoms with E-state index in [1.807, 2.05) is 42.5 Å². The fourth-order valence-corrected chi connectivity index (χ4v) is 3.47. The highest BCUT2D eigenvalue weighted by Gasteiger charge is 2.11. The smallest absolute Gasteiger partial charge is 0.224 e. The standard InChI is InChI=1S/C22H21N3O/c1-2-25-20-13-6-5-12-19(20)24-21(25)15-23-22(26)14-17-10-7-9-16-8-3-4-11-18(16)17/h3-13H,2,14-15H2,1H3,(H,23,26). The van der Waals surface area contributed by atoms with Gasteiger partial charge in [-0.3, -0.25) is 4.79 Å². The summed E-state index contributed by atoms with van der Waals surface area (Å²) in [4.78, 5) is 17.2. The molecule has 0 saturated carbocycles. The summed E-state index contributed by atoms with van der Waals surface area (Å²) in [5, 5.41) is 5.31. The Labute approximate surface area is 152 Å². The first-order valence-corrected chi connectivity index (χ1v) is 8.93. The van der Waals surface area contributed by atoms with Crippen molar-refractivity contribution in [3.8, 4) is 0 Å². The number of aromatic nitrogens is 2. The van der Waals surface area contributed by atoms with Crippen molar-refractivity contribution in [2.75, 3.05) is 0 Å². The molecule has 0 aliphatic carbocycles. The first-order chi connectivity index (χ1) is 12.8. The summed E-state index contributed by atoms with van der Waals surface area (Å²) in [6, 6.07) is 22.3. The predicted molar refractivity (Wildman–Crippen MR) is 105 cm³/mol. The molecule has 1 aromatic heterocycles. The summed E-state index contributed by atoms with van der Waals surface area (Å²) >= 11 is 0. The summed E-state index contributed by atoms with van der Waals surface area (Å²) < 4.78 is 2.15. The van der Waals surface area contributed by atoms with E-state index in [2.05, 4.69) is 46.1 Å². The second-order valence-corrected chi connectivity index (χ2v) is 6.35. The van der Waals surface area contributed by atoms with Crippen LogP contribution in [0.3, 0.4) is 0 Å². The van der Waals surface area contributed by atoms with Crippen molar-refractivity contribution in [3.05, 3.63) is 78.1 Å². The lowest BCUT2D eigenvalue weighted by Gasteiger charge is -2.09. The van der Waals surface area contributed by atoms with Crippen LogP contribution in [0.1, 0.15) is 18.3 Å². The molecule has 4 nitrogen and oxygen atoms in total. The van der Waals surface area contributed by atoms with E-state index in [1.165, 1.54) is 0 Å². The lowest BCUT2D eigenvalue weighted by Crippen LogP contribution is -2.26. The predicted octanol–water partition coefficient (Wildman–Crippen LogP) is 4.07. The Hall–Kier alpha value is -3.14. The van der Waals surface area contributed by atoms with Crippen LogP contribution in [0.15, 0.2) is 66.7 Å². The Morgan fingerprint density at radius 1 is 1.00 bits per heavy atom. The van der Waals surface area contributed by atoms with Crippen molar-refractivity contribution >= 4 is 27.7 Å². The van der Waals surface area contributed by atoms with E-state index in [9.17, 15) is 4.79 Å². The number of hydrogen-bond acceptors (Lipinski definition) is 2. The number of hydrogen-bond donors (Lipinski definition) is 1. The van der Waals surface area contributed by atoms with Crippen LogP contribution in [0, 0.1) is 0 Å². The summed E-state index contributed by atoms with van der Waals surface area (Å²) in [5.74, 6) is 0.899. The highest BCUT2D eigenvalue weighted by Crippen LogP contribution is 2.19. The molecule has 0 fully saturated rings. The second-order valence-electron chi connectivity index (χ2n) is 6.35. The molecular formula is C22H21N3O. The molecule has 0 unspecified atom stereocenters. The van der Waals surface area contributed by atoms with Crippen molar-refractivity contribution in [2.24, 2.45) is 0 Å². The van der Waals surface area contributed by atoms with Crippen molar-refractivity contribution < 1.29 is 4.79 Å². The van der Waals surface area contributed by atoms with Gasteiger partial charge in [-0.25, -0.2) is 4.98 Å². The molecule has 0 aliphatic rings. The molecule has 130 valence electrons. The van der Waals surface area contributed by atoms with Gasteiger partial charge in [0.1, 0.15) is 5.82 Å².